The van der Waals surface area contributed by atoms with Crippen molar-refractivity contribution in [3.63, 3.8) is 0 Å². The second-order valence-corrected chi connectivity index (χ2v) is 25.1. The number of rotatable bonds is 23. The van der Waals surface area contributed by atoms with Crippen LogP contribution in [0.2, 0.25) is 0 Å². The average molecular weight is 1210 g/mol. The molecule has 6 aromatic rings. The number of ether oxygens (including phenoxy) is 2. The van der Waals surface area contributed by atoms with E-state index < -0.39 is 45.1 Å². The van der Waals surface area contributed by atoms with Crippen molar-refractivity contribution in [1.29, 1.82) is 0 Å². The van der Waals surface area contributed by atoms with Crippen LogP contribution in [0.1, 0.15) is 62.8 Å². The minimum atomic E-state index is -4.49. The number of nitrogens with one attached hydrogen (secondary N) is 4. The fourth-order valence-electron chi connectivity index (χ4n) is 10.2. The molecular formula is C60H68F6N8O8S2. The summed E-state index contributed by atoms with van der Waals surface area (Å²) in [5, 5.41) is 14.3. The number of unbranched alkanes of at least 4 members (excludes halogenated alkanes) is 3. The molecule has 2 aliphatic rings. The topological polar surface area (TPSA) is 185 Å². The SMILES string of the molecule is CS(=O)(=O)c1ccc(NCC#Cc2cc3c(NC4CCN(CC(=O)OCCCCCCOC(=O)CN5CCC(Nc6cccc7c6cc(C#CCNc6ccc(S(C)(=O)=O)cc6)n7CC(F)(F)F)CC5)CC4)cccc3n2CC(F)(F)F)cc1. The van der Waals surface area contributed by atoms with Crippen LogP contribution in [0.4, 0.5) is 49.1 Å². The van der Waals surface area contributed by atoms with Crippen LogP contribution >= 0.6 is 0 Å². The first-order chi connectivity index (χ1) is 39.9. The third-order valence-corrected chi connectivity index (χ3v) is 16.7. The Labute approximate surface area is 485 Å². The molecule has 84 heavy (non-hydrogen) atoms. The molecule has 450 valence electrons. The molecule has 0 atom stereocenters. The number of fused-ring (bicyclic) bond motifs is 2. The maximum absolute atomic E-state index is 13.8. The summed E-state index contributed by atoms with van der Waals surface area (Å²) in [6.45, 7) is 1.10. The highest BCUT2D eigenvalue weighted by molar-refractivity contribution is 7.91. The van der Waals surface area contributed by atoms with E-state index in [1.165, 1.54) is 24.3 Å². The average Bonchev–Trinajstić information content (AvgIpc) is 2.08. The van der Waals surface area contributed by atoms with Gasteiger partial charge in [-0.3, -0.25) is 19.4 Å². The standard InChI is InChI=1S/C60H68F6N8O8S2/c1-83(77,78)49-21-17-43(18-22-49)67-29-9-11-47-37-51-53(13-7-15-55(51)73(47)41-59(61,62)63)69-45-25-31-71(32-26-45)39-57(75)81-35-5-3-4-6-36-82-58(76)40-72-33-27-46(28-34-72)70-54-14-8-16-56-52(54)38-48(74(56)42-60(64,65)66)12-10-30-68-44-19-23-50(24-20-44)84(2,79)80/h7-8,13-24,37-38,45-46,67-70H,3-6,25-36,39-42H2,1-2H3. The van der Waals surface area contributed by atoms with Gasteiger partial charge in [0, 0.05) is 84.3 Å². The minimum absolute atomic E-state index is 0.0164. The van der Waals surface area contributed by atoms with Crippen molar-refractivity contribution >= 4 is 76.2 Å². The van der Waals surface area contributed by atoms with Crippen LogP contribution in [-0.2, 0) is 51.8 Å². The molecule has 4 heterocycles. The van der Waals surface area contributed by atoms with Crippen LogP contribution in [0.25, 0.3) is 21.8 Å². The van der Waals surface area contributed by atoms with Gasteiger partial charge >= 0.3 is 24.3 Å². The number of halogens is 6. The zero-order valence-corrected chi connectivity index (χ0v) is 48.3. The molecule has 4 aromatic carbocycles. The lowest BCUT2D eigenvalue weighted by atomic mass is 10.0. The van der Waals surface area contributed by atoms with Gasteiger partial charge in [0.25, 0.3) is 0 Å². The number of esters is 2. The highest BCUT2D eigenvalue weighted by atomic mass is 32.2. The lowest BCUT2D eigenvalue weighted by Crippen LogP contribution is -2.41. The minimum Gasteiger partial charge on any atom is -0.465 e. The van der Waals surface area contributed by atoms with E-state index in [0.29, 0.717) is 109 Å². The largest absolute Gasteiger partial charge is 0.465 e. The fraction of sp³-hybridized carbons (Fsp3) is 0.433. The number of piperidine rings is 2. The summed E-state index contributed by atoms with van der Waals surface area (Å²) in [4.78, 5) is 29.8. The summed E-state index contributed by atoms with van der Waals surface area (Å²) in [6, 6.07) is 25.9. The Bertz CT molecular complexity index is 3370. The van der Waals surface area contributed by atoms with Gasteiger partial charge in [-0.1, -0.05) is 24.0 Å². The number of hydrogen-bond acceptors (Lipinski definition) is 14. The molecule has 16 nitrogen and oxygen atoms in total. The van der Waals surface area contributed by atoms with Crippen molar-refractivity contribution in [2.75, 3.05) is 99.4 Å². The van der Waals surface area contributed by atoms with Gasteiger partial charge in [0.2, 0.25) is 0 Å². The van der Waals surface area contributed by atoms with E-state index in [-0.39, 0.29) is 84.6 Å². The highest BCUT2D eigenvalue weighted by Crippen LogP contribution is 2.33. The number of alkyl halides is 6. The fourth-order valence-corrected chi connectivity index (χ4v) is 11.5. The van der Waals surface area contributed by atoms with E-state index in [0.717, 1.165) is 34.5 Å². The van der Waals surface area contributed by atoms with Gasteiger partial charge in [-0.15, -0.1) is 0 Å². The lowest BCUT2D eigenvalue weighted by Gasteiger charge is -2.32. The van der Waals surface area contributed by atoms with Crippen LogP contribution < -0.4 is 21.3 Å². The van der Waals surface area contributed by atoms with Gasteiger partial charge in [0.15, 0.2) is 19.7 Å². The Morgan fingerprint density at radius 1 is 0.548 bits per heavy atom. The number of hydrogen-bond donors (Lipinski definition) is 4. The van der Waals surface area contributed by atoms with Crippen LogP contribution in [-0.4, -0.2) is 150 Å². The zero-order valence-electron chi connectivity index (χ0n) is 46.7. The molecule has 0 saturated carbocycles. The maximum atomic E-state index is 13.8. The summed E-state index contributed by atoms with van der Waals surface area (Å²) in [6.07, 6.45) is -1.08. The predicted octanol–water partition coefficient (Wildman–Crippen LogP) is 9.55. The molecule has 8 rings (SSSR count). The van der Waals surface area contributed by atoms with Gasteiger partial charge < -0.3 is 39.9 Å². The van der Waals surface area contributed by atoms with E-state index in [4.69, 9.17) is 9.47 Å². The molecule has 0 unspecified atom stereocenters. The van der Waals surface area contributed by atoms with E-state index >= 15 is 0 Å². The number of aromatic nitrogens is 2. The van der Waals surface area contributed by atoms with Gasteiger partial charge in [-0.05, 0) is 148 Å². The number of sulfone groups is 2. The molecule has 0 bridgehead atoms. The van der Waals surface area contributed by atoms with E-state index in [1.807, 2.05) is 21.9 Å². The smallest absolute Gasteiger partial charge is 0.406 e. The number of anilines is 4. The summed E-state index contributed by atoms with van der Waals surface area (Å²) < 4.78 is 143. The summed E-state index contributed by atoms with van der Waals surface area (Å²) in [7, 11) is -6.72. The molecule has 24 heteroatoms. The zero-order chi connectivity index (χ0) is 60.1. The van der Waals surface area contributed by atoms with Crippen molar-refractivity contribution in [2.24, 2.45) is 0 Å². The predicted molar refractivity (Wildman–Crippen MR) is 312 cm³/mol. The number of benzene rings is 4. The molecule has 2 saturated heterocycles. The second-order valence-electron chi connectivity index (χ2n) is 21.1. The molecule has 0 aliphatic carbocycles. The summed E-state index contributed by atoms with van der Waals surface area (Å²) in [5.41, 5.74) is 3.77. The number of likely N-dealkylation sites (tertiary alicyclic amines) is 2. The second kappa shape index (κ2) is 28.0. The molecule has 2 aromatic heterocycles. The van der Waals surface area contributed by atoms with Crippen LogP contribution in [0, 0.1) is 23.7 Å². The van der Waals surface area contributed by atoms with Gasteiger partial charge in [0.05, 0.1) is 71.6 Å². The van der Waals surface area contributed by atoms with E-state index in [2.05, 4.69) is 44.9 Å². The first kappa shape index (κ1) is 62.7. The maximum Gasteiger partial charge on any atom is 0.406 e. The van der Waals surface area contributed by atoms with E-state index in [1.54, 1.807) is 60.7 Å². The van der Waals surface area contributed by atoms with Gasteiger partial charge in [0.1, 0.15) is 13.1 Å². The van der Waals surface area contributed by atoms with Crippen molar-refractivity contribution in [3.8, 4) is 23.7 Å². The van der Waals surface area contributed by atoms with Crippen LogP contribution in [0.5, 0.6) is 0 Å². The quantitative estimate of drug-likeness (QED) is 0.0206. The lowest BCUT2D eigenvalue weighted by molar-refractivity contribution is -0.146. The van der Waals surface area contributed by atoms with Crippen molar-refractivity contribution in [3.05, 3.63) is 108 Å². The third-order valence-electron chi connectivity index (χ3n) is 14.5. The first-order valence-corrected chi connectivity index (χ1v) is 31.5. The molecule has 0 amide bonds. The molecule has 2 aliphatic heterocycles. The Kier molecular flexibility index (Phi) is 20.9. The van der Waals surface area contributed by atoms with Crippen LogP contribution in [0.15, 0.2) is 107 Å². The van der Waals surface area contributed by atoms with Crippen molar-refractivity contribution in [1.82, 2.24) is 18.9 Å². The van der Waals surface area contributed by atoms with Crippen molar-refractivity contribution in [2.45, 2.75) is 98.7 Å². The Hall–Kier alpha value is -7.38. The van der Waals surface area contributed by atoms with Gasteiger partial charge in [-0.2, -0.15) is 26.3 Å². The molecule has 0 spiro atoms. The monoisotopic (exact) mass is 1210 g/mol. The Balaban J connectivity index is 0.694. The summed E-state index contributed by atoms with van der Waals surface area (Å²) >= 11 is 0. The normalized spacial score (nSPS) is 15.0. The van der Waals surface area contributed by atoms with Crippen LogP contribution in [0.3, 0.4) is 0 Å². The van der Waals surface area contributed by atoms with Crippen molar-refractivity contribution < 1.29 is 62.2 Å². The molecule has 4 N–H and O–H groups in total. The molecular weight excluding hydrogens is 1140 g/mol. The third kappa shape index (κ3) is 18.6. The first-order valence-electron chi connectivity index (χ1n) is 27.7. The van der Waals surface area contributed by atoms with E-state index in [9.17, 15) is 52.8 Å². The van der Waals surface area contributed by atoms with Gasteiger partial charge in [-0.25, -0.2) is 16.8 Å². The number of carbonyl (C=O) groups is 2. The molecule has 2 fully saturated rings. The molecule has 0 radical (unpaired) electrons. The summed E-state index contributed by atoms with van der Waals surface area (Å²) in [5.74, 6) is 10.9. The number of nitrogens with zero attached hydrogens (tertiary/aromatic N) is 4. The Morgan fingerprint density at radius 3 is 1.26 bits per heavy atom. The highest BCUT2D eigenvalue weighted by Gasteiger charge is 2.32. The Morgan fingerprint density at radius 2 is 0.917 bits per heavy atom. The number of carbonyl (C=O) groups excluding carboxylic acids is 2.